The molecule has 1 aliphatic rings. The van der Waals surface area contributed by atoms with Gasteiger partial charge < -0.3 is 25.8 Å². The second-order valence-electron chi connectivity index (χ2n) is 6.36. The number of hydrogen-bond acceptors (Lipinski definition) is 4. The van der Waals surface area contributed by atoms with Crippen LogP contribution in [0.4, 0.5) is 4.79 Å². The summed E-state index contributed by atoms with van der Waals surface area (Å²) in [5, 5.41) is 5.89. The highest BCUT2D eigenvalue weighted by atomic mass is 35.5. The highest BCUT2D eigenvalue weighted by molar-refractivity contribution is 6.31. The number of primary amides is 1. The lowest BCUT2D eigenvalue weighted by Crippen LogP contribution is -2.37. The second kappa shape index (κ2) is 9.32. The van der Waals surface area contributed by atoms with Gasteiger partial charge in [0.25, 0.3) is 0 Å². The molecule has 1 aliphatic heterocycles. The van der Waals surface area contributed by atoms with Crippen LogP contribution in [0.25, 0.3) is 0 Å². The van der Waals surface area contributed by atoms with Gasteiger partial charge >= 0.3 is 6.03 Å². The minimum absolute atomic E-state index is 0.0355. The predicted molar refractivity (Wildman–Crippen MR) is 106 cm³/mol. The van der Waals surface area contributed by atoms with Gasteiger partial charge in [-0.3, -0.25) is 4.79 Å². The molecule has 0 unspecified atom stereocenters. The Bertz CT molecular complexity index is 859. The van der Waals surface area contributed by atoms with E-state index in [1.54, 1.807) is 24.3 Å². The van der Waals surface area contributed by atoms with Crippen LogP contribution in [0.15, 0.2) is 42.5 Å². The highest BCUT2D eigenvalue weighted by Gasteiger charge is 2.19. The van der Waals surface area contributed by atoms with E-state index < -0.39 is 12.1 Å². The Morgan fingerprint density at radius 2 is 1.86 bits per heavy atom. The number of hydrogen-bond donors (Lipinski definition) is 3. The standard InChI is InChI=1S/C20H22ClN3O4/c21-15-4-2-1-3-14(15)16(24-20(22)26)12-19(25)23-8-7-13-5-6-17-18(11-13)28-10-9-27-17/h1-6,11,16H,7-10,12H2,(H,23,25)(H3,22,24,26)/t16-/m0/s1. The molecule has 0 saturated carbocycles. The summed E-state index contributed by atoms with van der Waals surface area (Å²) >= 11 is 6.18. The lowest BCUT2D eigenvalue weighted by Gasteiger charge is -2.19. The normalized spacial score (nSPS) is 13.5. The van der Waals surface area contributed by atoms with Crippen molar-refractivity contribution >= 4 is 23.5 Å². The third-order valence-electron chi connectivity index (χ3n) is 4.33. The van der Waals surface area contributed by atoms with Crippen molar-refractivity contribution in [3.8, 4) is 11.5 Å². The quantitative estimate of drug-likeness (QED) is 0.661. The van der Waals surface area contributed by atoms with Crippen LogP contribution < -0.4 is 25.8 Å². The molecule has 1 heterocycles. The summed E-state index contributed by atoms with van der Waals surface area (Å²) in [7, 11) is 0. The van der Waals surface area contributed by atoms with Crippen molar-refractivity contribution in [2.24, 2.45) is 5.73 Å². The van der Waals surface area contributed by atoms with Crippen molar-refractivity contribution in [2.75, 3.05) is 19.8 Å². The molecular formula is C20H22ClN3O4. The summed E-state index contributed by atoms with van der Waals surface area (Å²) in [6, 6.07) is 11.4. The Balaban J connectivity index is 1.55. The van der Waals surface area contributed by atoms with Gasteiger partial charge in [0.15, 0.2) is 11.5 Å². The van der Waals surface area contributed by atoms with Gasteiger partial charge in [-0.25, -0.2) is 4.79 Å². The Hall–Kier alpha value is -2.93. The van der Waals surface area contributed by atoms with E-state index in [1.165, 1.54) is 0 Å². The molecule has 0 radical (unpaired) electrons. The van der Waals surface area contributed by atoms with Crippen LogP contribution in [0.5, 0.6) is 11.5 Å². The van der Waals surface area contributed by atoms with Crippen molar-refractivity contribution < 1.29 is 19.1 Å². The first-order valence-electron chi connectivity index (χ1n) is 8.98. The van der Waals surface area contributed by atoms with E-state index >= 15 is 0 Å². The Morgan fingerprint density at radius 1 is 1.11 bits per heavy atom. The van der Waals surface area contributed by atoms with Gasteiger partial charge in [0.05, 0.1) is 12.5 Å². The van der Waals surface area contributed by atoms with Crippen molar-refractivity contribution in [1.82, 2.24) is 10.6 Å². The third kappa shape index (κ3) is 5.29. The molecule has 0 bridgehead atoms. The van der Waals surface area contributed by atoms with Crippen LogP contribution in [0.3, 0.4) is 0 Å². The molecule has 3 amide bonds. The van der Waals surface area contributed by atoms with Gasteiger partial charge in [0.1, 0.15) is 13.2 Å². The number of carbonyl (C=O) groups is 2. The van der Waals surface area contributed by atoms with Crippen molar-refractivity contribution in [2.45, 2.75) is 18.9 Å². The van der Waals surface area contributed by atoms with E-state index in [2.05, 4.69) is 10.6 Å². The maximum Gasteiger partial charge on any atom is 0.312 e. The van der Waals surface area contributed by atoms with Gasteiger partial charge in [0.2, 0.25) is 5.91 Å². The summed E-state index contributed by atoms with van der Waals surface area (Å²) in [4.78, 5) is 23.7. The molecular weight excluding hydrogens is 382 g/mol. The van der Waals surface area contributed by atoms with Gasteiger partial charge in [-0.2, -0.15) is 0 Å². The number of benzene rings is 2. The number of halogens is 1. The summed E-state index contributed by atoms with van der Waals surface area (Å²) in [6.45, 7) is 1.53. The summed E-state index contributed by atoms with van der Waals surface area (Å²) in [6.07, 6.45) is 0.677. The van der Waals surface area contributed by atoms with E-state index in [0.717, 1.165) is 17.1 Å². The first kappa shape index (κ1) is 19.8. The maximum atomic E-state index is 12.4. The van der Waals surface area contributed by atoms with E-state index in [1.807, 2.05) is 18.2 Å². The maximum absolute atomic E-state index is 12.4. The molecule has 7 nitrogen and oxygen atoms in total. The topological polar surface area (TPSA) is 103 Å². The van der Waals surface area contributed by atoms with Crippen molar-refractivity contribution in [3.05, 3.63) is 58.6 Å². The zero-order chi connectivity index (χ0) is 19.9. The molecule has 0 aliphatic carbocycles. The number of carbonyl (C=O) groups excluding carboxylic acids is 2. The average molecular weight is 404 g/mol. The lowest BCUT2D eigenvalue weighted by atomic mass is 10.0. The number of ether oxygens (including phenoxy) is 2. The fourth-order valence-electron chi connectivity index (χ4n) is 3.02. The zero-order valence-corrected chi connectivity index (χ0v) is 16.0. The molecule has 0 spiro atoms. The molecule has 2 aromatic carbocycles. The smallest absolute Gasteiger partial charge is 0.312 e. The van der Waals surface area contributed by atoms with E-state index in [4.69, 9.17) is 26.8 Å². The molecule has 28 heavy (non-hydrogen) atoms. The predicted octanol–water partition coefficient (Wildman–Crippen LogP) is 2.57. The zero-order valence-electron chi connectivity index (χ0n) is 15.2. The summed E-state index contributed by atoms with van der Waals surface area (Å²) in [5.41, 5.74) is 6.91. The van der Waals surface area contributed by atoms with Gasteiger partial charge in [-0.15, -0.1) is 0 Å². The number of urea groups is 1. The number of fused-ring (bicyclic) bond motifs is 1. The Morgan fingerprint density at radius 3 is 2.61 bits per heavy atom. The van der Waals surface area contributed by atoms with Crippen LogP contribution in [0, 0.1) is 0 Å². The minimum atomic E-state index is -0.714. The molecule has 0 saturated heterocycles. The van der Waals surface area contributed by atoms with Gasteiger partial charge in [-0.05, 0) is 35.7 Å². The third-order valence-corrected chi connectivity index (χ3v) is 4.67. The van der Waals surface area contributed by atoms with E-state index in [9.17, 15) is 9.59 Å². The SMILES string of the molecule is NC(=O)N[C@@H](CC(=O)NCCc1ccc2c(c1)OCCO2)c1ccccc1Cl. The molecule has 4 N–H and O–H groups in total. The van der Waals surface area contributed by atoms with Crippen LogP contribution in [0.2, 0.25) is 5.02 Å². The molecule has 148 valence electrons. The van der Waals surface area contributed by atoms with Crippen LogP contribution in [-0.2, 0) is 11.2 Å². The van der Waals surface area contributed by atoms with Gasteiger partial charge in [-0.1, -0.05) is 35.9 Å². The van der Waals surface area contributed by atoms with Crippen LogP contribution >= 0.6 is 11.6 Å². The Kier molecular flexibility index (Phi) is 6.60. The second-order valence-corrected chi connectivity index (χ2v) is 6.77. The van der Waals surface area contributed by atoms with Crippen molar-refractivity contribution in [3.63, 3.8) is 0 Å². The fraction of sp³-hybridized carbons (Fsp3) is 0.300. The number of rotatable bonds is 7. The summed E-state index contributed by atoms with van der Waals surface area (Å²) < 4.78 is 11.1. The molecule has 8 heteroatoms. The van der Waals surface area contributed by atoms with Gasteiger partial charge in [0, 0.05) is 11.6 Å². The fourth-order valence-corrected chi connectivity index (χ4v) is 3.28. The molecule has 0 fully saturated rings. The van der Waals surface area contributed by atoms with E-state index in [-0.39, 0.29) is 12.3 Å². The molecule has 1 atom stereocenters. The molecule has 0 aromatic heterocycles. The largest absolute Gasteiger partial charge is 0.486 e. The number of nitrogens with two attached hydrogens (primary N) is 1. The number of nitrogens with one attached hydrogen (secondary N) is 2. The monoisotopic (exact) mass is 403 g/mol. The average Bonchev–Trinajstić information content (AvgIpc) is 2.67. The van der Waals surface area contributed by atoms with Crippen LogP contribution in [0.1, 0.15) is 23.6 Å². The Labute approximate surface area is 168 Å². The van der Waals surface area contributed by atoms with Crippen molar-refractivity contribution in [1.29, 1.82) is 0 Å². The summed E-state index contributed by atoms with van der Waals surface area (Å²) in [5.74, 6) is 1.25. The molecule has 2 aromatic rings. The first-order chi connectivity index (χ1) is 13.5. The number of amides is 3. The highest BCUT2D eigenvalue weighted by Crippen LogP contribution is 2.30. The lowest BCUT2D eigenvalue weighted by molar-refractivity contribution is -0.121. The molecule has 3 rings (SSSR count). The van der Waals surface area contributed by atoms with E-state index in [0.29, 0.717) is 36.8 Å². The minimum Gasteiger partial charge on any atom is -0.486 e. The first-order valence-corrected chi connectivity index (χ1v) is 9.36. The van der Waals surface area contributed by atoms with Crippen LogP contribution in [-0.4, -0.2) is 31.7 Å².